The summed E-state index contributed by atoms with van der Waals surface area (Å²) in [6.07, 6.45) is 3.53. The van der Waals surface area contributed by atoms with Crippen LogP contribution in [0.4, 0.5) is 5.69 Å². The molecule has 2 nitrogen and oxygen atoms in total. The largest absolute Gasteiger partial charge is 0.350 e. The number of benzene rings is 1. The van der Waals surface area contributed by atoms with E-state index < -0.39 is 0 Å². The zero-order chi connectivity index (χ0) is 10.4. The molecule has 0 unspecified atom stereocenters. The molecule has 3 heteroatoms. The minimum Gasteiger partial charge on any atom is -0.350 e. The number of allylic oxidation sites excluding steroid dienone is 1. The summed E-state index contributed by atoms with van der Waals surface area (Å²) in [5.74, 6) is 0.0535. The number of thioether (sulfide) groups is 1. The number of anilines is 1. The van der Waals surface area contributed by atoms with Crippen molar-refractivity contribution >= 4 is 23.2 Å². The molecule has 1 aromatic carbocycles. The minimum absolute atomic E-state index is 0.0535. The van der Waals surface area contributed by atoms with Crippen molar-refractivity contribution in [3.8, 4) is 0 Å². The molecule has 0 atom stereocenters. The Balaban J connectivity index is 2.71. The monoisotopic (exact) mass is 207 g/mol. The zero-order valence-corrected chi connectivity index (χ0v) is 9.10. The molecule has 0 fully saturated rings. The molecule has 0 saturated carbocycles. The smallest absolute Gasteiger partial charge is 0.155 e. The molecule has 14 heavy (non-hydrogen) atoms. The molecule has 0 radical (unpaired) electrons. The van der Waals surface area contributed by atoms with Crippen LogP contribution < -0.4 is 5.32 Å². The molecular weight excluding hydrogens is 194 g/mol. The normalized spacial score (nSPS) is 11.1. The molecule has 74 valence electrons. The SMILES string of the molecule is CS/C(=C/C(C)=O)Nc1ccccc1. The summed E-state index contributed by atoms with van der Waals surface area (Å²) in [5, 5.41) is 4.03. The zero-order valence-electron chi connectivity index (χ0n) is 8.28. The van der Waals surface area contributed by atoms with Gasteiger partial charge in [-0.3, -0.25) is 4.79 Å². The highest BCUT2D eigenvalue weighted by atomic mass is 32.2. The third-order valence-corrected chi connectivity index (χ3v) is 2.26. The molecule has 0 saturated heterocycles. The molecule has 0 amide bonds. The third-order valence-electron chi connectivity index (χ3n) is 1.60. The Bertz CT molecular complexity index is 332. The van der Waals surface area contributed by atoms with Crippen molar-refractivity contribution in [2.24, 2.45) is 0 Å². The van der Waals surface area contributed by atoms with Crippen LogP contribution in [0.15, 0.2) is 41.4 Å². The highest BCUT2D eigenvalue weighted by Gasteiger charge is 1.97. The van der Waals surface area contributed by atoms with Crippen LogP contribution in [0.3, 0.4) is 0 Å². The van der Waals surface area contributed by atoms with Crippen LogP contribution in [0.5, 0.6) is 0 Å². The predicted octanol–water partition coefficient (Wildman–Crippen LogP) is 2.89. The van der Waals surface area contributed by atoms with E-state index in [0.29, 0.717) is 0 Å². The standard InChI is InChI=1S/C11H13NOS/c1-9(13)8-11(14-2)12-10-6-4-3-5-7-10/h3-8,12H,1-2H3/b11-8+. The van der Waals surface area contributed by atoms with Gasteiger partial charge in [0.25, 0.3) is 0 Å². The first kappa shape index (κ1) is 10.9. The second-order valence-corrected chi connectivity index (χ2v) is 3.66. The lowest BCUT2D eigenvalue weighted by Gasteiger charge is -2.07. The van der Waals surface area contributed by atoms with Crippen molar-refractivity contribution in [2.45, 2.75) is 6.92 Å². The van der Waals surface area contributed by atoms with Crippen molar-refractivity contribution in [1.82, 2.24) is 0 Å². The van der Waals surface area contributed by atoms with E-state index in [4.69, 9.17) is 0 Å². The third kappa shape index (κ3) is 3.66. The van der Waals surface area contributed by atoms with Gasteiger partial charge in [-0.15, -0.1) is 11.8 Å². The number of ketones is 1. The fourth-order valence-electron chi connectivity index (χ4n) is 0.994. The lowest BCUT2D eigenvalue weighted by atomic mass is 10.3. The van der Waals surface area contributed by atoms with E-state index in [2.05, 4.69) is 5.32 Å². The Morgan fingerprint density at radius 1 is 1.36 bits per heavy atom. The van der Waals surface area contributed by atoms with Crippen molar-refractivity contribution in [2.75, 3.05) is 11.6 Å². The van der Waals surface area contributed by atoms with Crippen molar-refractivity contribution < 1.29 is 4.79 Å². The van der Waals surface area contributed by atoms with Gasteiger partial charge in [0.2, 0.25) is 0 Å². The first-order valence-electron chi connectivity index (χ1n) is 4.30. The molecule has 1 aromatic rings. The van der Waals surface area contributed by atoms with Crippen LogP contribution in [0, 0.1) is 0 Å². The molecule has 1 N–H and O–H groups in total. The van der Waals surface area contributed by atoms with Crippen LogP contribution >= 0.6 is 11.8 Å². The van der Waals surface area contributed by atoms with Gasteiger partial charge in [-0.1, -0.05) is 18.2 Å². The average molecular weight is 207 g/mol. The van der Waals surface area contributed by atoms with Crippen molar-refractivity contribution in [3.05, 3.63) is 41.4 Å². The van der Waals surface area contributed by atoms with E-state index in [9.17, 15) is 4.79 Å². The first-order valence-corrected chi connectivity index (χ1v) is 5.53. The van der Waals surface area contributed by atoms with Gasteiger partial charge in [0.05, 0.1) is 5.03 Å². The number of carbonyl (C=O) groups excluding carboxylic acids is 1. The molecule has 0 aliphatic carbocycles. The Labute approximate surface area is 88.4 Å². The molecule has 0 bridgehead atoms. The van der Waals surface area contributed by atoms with E-state index in [1.807, 2.05) is 36.6 Å². The van der Waals surface area contributed by atoms with Gasteiger partial charge >= 0.3 is 0 Å². The Kier molecular flexibility index (Phi) is 4.26. The maximum Gasteiger partial charge on any atom is 0.155 e. The summed E-state index contributed by atoms with van der Waals surface area (Å²) in [6, 6.07) is 9.79. The van der Waals surface area contributed by atoms with Gasteiger partial charge in [-0.05, 0) is 25.3 Å². The maximum absolute atomic E-state index is 10.9. The lowest BCUT2D eigenvalue weighted by Crippen LogP contribution is -1.97. The molecular formula is C11H13NOS. The average Bonchev–Trinajstić information content (AvgIpc) is 2.17. The fraction of sp³-hybridized carbons (Fsp3) is 0.182. The van der Waals surface area contributed by atoms with E-state index in [1.54, 1.807) is 13.0 Å². The second-order valence-electron chi connectivity index (χ2n) is 2.81. The molecule has 0 aliphatic heterocycles. The van der Waals surface area contributed by atoms with Crippen LogP contribution in [-0.2, 0) is 4.79 Å². The summed E-state index contributed by atoms with van der Waals surface area (Å²) in [4.78, 5) is 10.9. The van der Waals surface area contributed by atoms with E-state index in [1.165, 1.54) is 11.8 Å². The topological polar surface area (TPSA) is 29.1 Å². The van der Waals surface area contributed by atoms with Crippen LogP contribution in [0.1, 0.15) is 6.92 Å². The van der Waals surface area contributed by atoms with Gasteiger partial charge in [-0.25, -0.2) is 0 Å². The van der Waals surface area contributed by atoms with Crippen molar-refractivity contribution in [1.29, 1.82) is 0 Å². The number of hydrogen-bond acceptors (Lipinski definition) is 3. The van der Waals surface area contributed by atoms with Gasteiger partial charge < -0.3 is 5.32 Å². The highest BCUT2D eigenvalue weighted by molar-refractivity contribution is 8.02. The van der Waals surface area contributed by atoms with Crippen LogP contribution in [0.2, 0.25) is 0 Å². The number of rotatable bonds is 4. The number of nitrogens with one attached hydrogen (secondary N) is 1. The molecule has 1 rings (SSSR count). The lowest BCUT2D eigenvalue weighted by molar-refractivity contribution is -0.112. The molecule has 0 aromatic heterocycles. The van der Waals surface area contributed by atoms with Crippen molar-refractivity contribution in [3.63, 3.8) is 0 Å². The van der Waals surface area contributed by atoms with Gasteiger partial charge in [0.15, 0.2) is 5.78 Å². The van der Waals surface area contributed by atoms with Gasteiger partial charge in [0.1, 0.15) is 0 Å². The number of hydrogen-bond donors (Lipinski definition) is 1. The van der Waals surface area contributed by atoms with Crippen LogP contribution in [-0.4, -0.2) is 12.0 Å². The van der Waals surface area contributed by atoms with Gasteiger partial charge in [0, 0.05) is 11.8 Å². The summed E-state index contributed by atoms with van der Waals surface area (Å²) in [7, 11) is 0. The van der Waals surface area contributed by atoms with E-state index in [0.717, 1.165) is 10.7 Å². The summed E-state index contributed by atoms with van der Waals surface area (Å²) >= 11 is 1.52. The van der Waals surface area contributed by atoms with E-state index >= 15 is 0 Å². The summed E-state index contributed by atoms with van der Waals surface area (Å²) in [5.41, 5.74) is 0.995. The maximum atomic E-state index is 10.9. The van der Waals surface area contributed by atoms with Crippen LogP contribution in [0.25, 0.3) is 0 Å². The molecule has 0 aliphatic rings. The Morgan fingerprint density at radius 2 is 2.00 bits per heavy atom. The summed E-state index contributed by atoms with van der Waals surface area (Å²) < 4.78 is 0. The molecule has 0 heterocycles. The summed E-state index contributed by atoms with van der Waals surface area (Å²) in [6.45, 7) is 1.54. The quantitative estimate of drug-likeness (QED) is 0.770. The first-order chi connectivity index (χ1) is 6.72. The predicted molar refractivity (Wildman–Crippen MR) is 62.3 cm³/mol. The van der Waals surface area contributed by atoms with Gasteiger partial charge in [-0.2, -0.15) is 0 Å². The minimum atomic E-state index is 0.0535. The number of para-hydroxylation sites is 1. The second kappa shape index (κ2) is 5.50. The fourth-order valence-corrected chi connectivity index (χ4v) is 1.50. The molecule has 0 spiro atoms. The Hall–Kier alpha value is -1.22. The Morgan fingerprint density at radius 3 is 2.50 bits per heavy atom. The van der Waals surface area contributed by atoms with E-state index in [-0.39, 0.29) is 5.78 Å². The highest BCUT2D eigenvalue weighted by Crippen LogP contribution is 2.16. The number of carbonyl (C=O) groups is 1.